The normalized spacial score (nSPS) is 14.1. The van der Waals surface area contributed by atoms with Gasteiger partial charge in [-0.15, -0.1) is 0 Å². The van der Waals surface area contributed by atoms with Crippen LogP contribution in [0.3, 0.4) is 0 Å². The monoisotopic (exact) mass is 375 g/mol. The number of aromatic nitrogens is 2. The van der Waals surface area contributed by atoms with Crippen LogP contribution in [0.5, 0.6) is 5.75 Å². The number of anilines is 2. The first-order valence-corrected chi connectivity index (χ1v) is 8.40. The van der Waals surface area contributed by atoms with E-state index in [-0.39, 0.29) is 11.6 Å². The first-order chi connectivity index (χ1) is 12.6. The molecule has 1 saturated heterocycles. The number of piperazine rings is 1. The predicted molar refractivity (Wildman–Crippen MR) is 97.8 cm³/mol. The van der Waals surface area contributed by atoms with E-state index in [0.29, 0.717) is 48.6 Å². The van der Waals surface area contributed by atoms with Crippen LogP contribution >= 0.6 is 11.6 Å². The average Bonchev–Trinajstić information content (AvgIpc) is 2.68. The zero-order valence-corrected chi connectivity index (χ0v) is 14.9. The molecule has 2 heterocycles. The molecule has 0 saturated carbocycles. The molecule has 8 nitrogen and oxygen atoms in total. The standard InChI is InChI=1S/C17H18ClN5O3/c1-26-15-3-2-12(10-13(15)18)20-16(25)14-4-5-19-17(21-14)23-8-6-22(11-24)7-9-23/h2-5,10-11H,6-9H2,1H3,(H,20,25). The second kappa shape index (κ2) is 8.01. The van der Waals surface area contributed by atoms with Crippen LogP contribution in [0.25, 0.3) is 0 Å². The highest BCUT2D eigenvalue weighted by atomic mass is 35.5. The molecule has 0 aliphatic carbocycles. The quantitative estimate of drug-likeness (QED) is 0.800. The maximum atomic E-state index is 12.5. The molecule has 136 valence electrons. The van der Waals surface area contributed by atoms with E-state index in [9.17, 15) is 9.59 Å². The number of nitrogens with zero attached hydrogens (tertiary/aromatic N) is 4. The van der Waals surface area contributed by atoms with Crippen molar-refractivity contribution in [1.82, 2.24) is 14.9 Å². The van der Waals surface area contributed by atoms with Crippen LogP contribution < -0.4 is 15.0 Å². The molecule has 0 radical (unpaired) electrons. The van der Waals surface area contributed by atoms with Gasteiger partial charge in [0.1, 0.15) is 11.4 Å². The van der Waals surface area contributed by atoms with Gasteiger partial charge in [0.2, 0.25) is 12.4 Å². The van der Waals surface area contributed by atoms with E-state index in [1.54, 1.807) is 35.4 Å². The van der Waals surface area contributed by atoms with Crippen molar-refractivity contribution in [1.29, 1.82) is 0 Å². The van der Waals surface area contributed by atoms with E-state index in [0.717, 1.165) is 6.41 Å². The van der Waals surface area contributed by atoms with E-state index < -0.39 is 0 Å². The van der Waals surface area contributed by atoms with Gasteiger partial charge in [-0.3, -0.25) is 9.59 Å². The van der Waals surface area contributed by atoms with Gasteiger partial charge >= 0.3 is 0 Å². The largest absolute Gasteiger partial charge is 0.495 e. The smallest absolute Gasteiger partial charge is 0.274 e. The fraction of sp³-hybridized carbons (Fsp3) is 0.294. The lowest BCUT2D eigenvalue weighted by atomic mass is 10.3. The Morgan fingerprint density at radius 2 is 2.04 bits per heavy atom. The summed E-state index contributed by atoms with van der Waals surface area (Å²) in [7, 11) is 1.52. The Balaban J connectivity index is 1.70. The summed E-state index contributed by atoms with van der Waals surface area (Å²) in [5.74, 6) is 0.640. The number of carbonyl (C=O) groups is 2. The molecule has 0 unspecified atom stereocenters. The third-order valence-corrected chi connectivity index (χ3v) is 4.33. The number of carbonyl (C=O) groups excluding carboxylic acids is 2. The maximum Gasteiger partial charge on any atom is 0.274 e. The zero-order chi connectivity index (χ0) is 18.5. The number of nitrogens with one attached hydrogen (secondary N) is 1. The molecule has 26 heavy (non-hydrogen) atoms. The van der Waals surface area contributed by atoms with Crippen LogP contribution in [0.15, 0.2) is 30.5 Å². The maximum absolute atomic E-state index is 12.5. The molecule has 1 aliphatic heterocycles. The van der Waals surface area contributed by atoms with Gasteiger partial charge in [-0.1, -0.05) is 11.6 Å². The second-order valence-corrected chi connectivity index (χ2v) is 6.08. The van der Waals surface area contributed by atoms with E-state index in [1.165, 1.54) is 7.11 Å². The Bertz CT molecular complexity index is 809. The van der Waals surface area contributed by atoms with Crippen LogP contribution in [0, 0.1) is 0 Å². The summed E-state index contributed by atoms with van der Waals surface area (Å²) in [6.45, 7) is 2.46. The Hall–Kier alpha value is -2.87. The summed E-state index contributed by atoms with van der Waals surface area (Å²) in [6.07, 6.45) is 2.38. The zero-order valence-electron chi connectivity index (χ0n) is 14.2. The van der Waals surface area contributed by atoms with E-state index in [2.05, 4.69) is 15.3 Å². The predicted octanol–water partition coefficient (Wildman–Crippen LogP) is 1.67. The van der Waals surface area contributed by atoms with Crippen LogP contribution in [0.2, 0.25) is 5.02 Å². The summed E-state index contributed by atoms with van der Waals surface area (Å²) in [6, 6.07) is 6.53. The summed E-state index contributed by atoms with van der Waals surface area (Å²) < 4.78 is 5.09. The Kier molecular flexibility index (Phi) is 5.52. The van der Waals surface area contributed by atoms with Crippen molar-refractivity contribution in [2.45, 2.75) is 0 Å². The van der Waals surface area contributed by atoms with Crippen molar-refractivity contribution >= 4 is 35.6 Å². The third-order valence-electron chi connectivity index (χ3n) is 4.03. The number of rotatable bonds is 5. The minimum absolute atomic E-state index is 0.250. The number of amides is 2. The van der Waals surface area contributed by atoms with Gasteiger partial charge in [-0.2, -0.15) is 0 Å². The third kappa shape index (κ3) is 4.02. The summed E-state index contributed by atoms with van der Waals surface area (Å²) in [5, 5.41) is 3.16. The summed E-state index contributed by atoms with van der Waals surface area (Å²) >= 11 is 6.07. The number of benzene rings is 1. The molecule has 0 atom stereocenters. The number of ether oxygens (including phenoxy) is 1. The highest BCUT2D eigenvalue weighted by molar-refractivity contribution is 6.32. The molecule has 1 N–H and O–H groups in total. The van der Waals surface area contributed by atoms with Crippen molar-refractivity contribution in [3.05, 3.63) is 41.2 Å². The molecule has 0 spiro atoms. The number of hydrogen-bond acceptors (Lipinski definition) is 6. The van der Waals surface area contributed by atoms with Gasteiger partial charge in [-0.05, 0) is 24.3 Å². The minimum atomic E-state index is -0.360. The molecule has 1 aromatic heterocycles. The fourth-order valence-corrected chi connectivity index (χ4v) is 2.85. The first-order valence-electron chi connectivity index (χ1n) is 8.03. The molecule has 1 fully saturated rings. The molecule has 0 bridgehead atoms. The van der Waals surface area contributed by atoms with Gasteiger partial charge in [0.15, 0.2) is 0 Å². The summed E-state index contributed by atoms with van der Waals surface area (Å²) in [4.78, 5) is 35.5. The molecule has 3 rings (SSSR count). The summed E-state index contributed by atoms with van der Waals surface area (Å²) in [5.41, 5.74) is 0.792. The van der Waals surface area contributed by atoms with Gasteiger partial charge in [0.05, 0.1) is 12.1 Å². The molecule has 2 aromatic rings. The van der Waals surface area contributed by atoms with Gasteiger partial charge in [0, 0.05) is 38.1 Å². The Morgan fingerprint density at radius 3 is 2.69 bits per heavy atom. The number of methoxy groups -OCH3 is 1. The Labute approximate surface area is 155 Å². The first kappa shape index (κ1) is 17.9. The van der Waals surface area contributed by atoms with Crippen LogP contribution in [-0.4, -0.2) is 60.5 Å². The van der Waals surface area contributed by atoms with Crippen molar-refractivity contribution in [3.63, 3.8) is 0 Å². The molecular weight excluding hydrogens is 358 g/mol. The molecule has 2 amide bonds. The SMILES string of the molecule is COc1ccc(NC(=O)c2ccnc(N3CCN(C=O)CC3)n2)cc1Cl. The second-order valence-electron chi connectivity index (χ2n) is 5.67. The van der Waals surface area contributed by atoms with Crippen molar-refractivity contribution in [2.75, 3.05) is 43.5 Å². The van der Waals surface area contributed by atoms with Gasteiger partial charge < -0.3 is 19.9 Å². The molecule has 1 aliphatic rings. The molecular formula is C17H18ClN5O3. The molecule has 1 aromatic carbocycles. The average molecular weight is 376 g/mol. The lowest BCUT2D eigenvalue weighted by molar-refractivity contribution is -0.118. The lowest BCUT2D eigenvalue weighted by Gasteiger charge is -2.32. The minimum Gasteiger partial charge on any atom is -0.495 e. The van der Waals surface area contributed by atoms with E-state index in [1.807, 2.05) is 4.90 Å². The topological polar surface area (TPSA) is 87.7 Å². The Morgan fingerprint density at radius 1 is 1.27 bits per heavy atom. The van der Waals surface area contributed by atoms with E-state index in [4.69, 9.17) is 16.3 Å². The van der Waals surface area contributed by atoms with E-state index >= 15 is 0 Å². The number of halogens is 1. The number of hydrogen-bond donors (Lipinski definition) is 1. The van der Waals surface area contributed by atoms with Crippen molar-refractivity contribution < 1.29 is 14.3 Å². The van der Waals surface area contributed by atoms with Crippen LogP contribution in [0.1, 0.15) is 10.5 Å². The van der Waals surface area contributed by atoms with Gasteiger partial charge in [-0.25, -0.2) is 9.97 Å². The van der Waals surface area contributed by atoms with Crippen LogP contribution in [-0.2, 0) is 4.79 Å². The van der Waals surface area contributed by atoms with Crippen molar-refractivity contribution in [2.24, 2.45) is 0 Å². The molecule has 9 heteroatoms. The van der Waals surface area contributed by atoms with Gasteiger partial charge in [0.25, 0.3) is 5.91 Å². The fourth-order valence-electron chi connectivity index (χ4n) is 2.59. The van der Waals surface area contributed by atoms with Crippen molar-refractivity contribution in [3.8, 4) is 5.75 Å². The van der Waals surface area contributed by atoms with Crippen LogP contribution in [0.4, 0.5) is 11.6 Å². The highest BCUT2D eigenvalue weighted by Crippen LogP contribution is 2.27. The lowest BCUT2D eigenvalue weighted by Crippen LogP contribution is -2.46. The highest BCUT2D eigenvalue weighted by Gasteiger charge is 2.19.